The Bertz CT molecular complexity index is 1060. The third kappa shape index (κ3) is 3.63. The van der Waals surface area contributed by atoms with Gasteiger partial charge in [0, 0.05) is 12.1 Å². The van der Waals surface area contributed by atoms with Crippen LogP contribution in [0.2, 0.25) is 0 Å². The Morgan fingerprint density at radius 2 is 1.67 bits per heavy atom. The van der Waals surface area contributed by atoms with E-state index in [2.05, 4.69) is 19.9 Å². The first-order valence-corrected chi connectivity index (χ1v) is 8.85. The number of rotatable bonds is 6. The predicted molar refractivity (Wildman–Crippen MR) is 108 cm³/mol. The lowest BCUT2D eigenvalue weighted by Gasteiger charge is -2.11. The maximum Gasteiger partial charge on any atom is 0.201 e. The molecule has 5 heteroatoms. The van der Waals surface area contributed by atoms with Gasteiger partial charge in [-0.05, 0) is 30.0 Å². The van der Waals surface area contributed by atoms with Crippen molar-refractivity contribution in [3.05, 3.63) is 46.1 Å². The van der Waals surface area contributed by atoms with Crippen LogP contribution in [-0.4, -0.2) is 21.3 Å². The monoisotopic (exact) mass is 368 g/mol. The van der Waals surface area contributed by atoms with Gasteiger partial charge in [0.25, 0.3) is 0 Å². The molecule has 0 aliphatic rings. The summed E-state index contributed by atoms with van der Waals surface area (Å²) in [6.07, 6.45) is 4.94. The van der Waals surface area contributed by atoms with Crippen LogP contribution in [-0.2, 0) is 0 Å². The summed E-state index contributed by atoms with van der Waals surface area (Å²) in [6.45, 7) is 4.30. The van der Waals surface area contributed by atoms with Crippen molar-refractivity contribution in [1.29, 1.82) is 0 Å². The standard InChI is InChI=1S/C22H24O5/c1-13(2)7-6-8-14-9-15(24-3)10-20-21(14)22(23)16-11-18(25-4)19(26-5)12-17(16)27-20/h6,8-13H,7H2,1-5H3. The number of allylic oxidation sites excluding steroid dienone is 1. The van der Waals surface area contributed by atoms with Crippen molar-refractivity contribution in [3.8, 4) is 17.2 Å². The highest BCUT2D eigenvalue weighted by Gasteiger charge is 2.16. The van der Waals surface area contributed by atoms with E-state index >= 15 is 0 Å². The van der Waals surface area contributed by atoms with E-state index in [1.54, 1.807) is 32.4 Å². The number of fused-ring (bicyclic) bond motifs is 2. The van der Waals surface area contributed by atoms with Crippen LogP contribution in [0, 0.1) is 5.92 Å². The van der Waals surface area contributed by atoms with Crippen LogP contribution in [0.1, 0.15) is 25.8 Å². The van der Waals surface area contributed by atoms with Crippen molar-refractivity contribution in [1.82, 2.24) is 0 Å². The van der Waals surface area contributed by atoms with Crippen LogP contribution in [0.25, 0.3) is 28.0 Å². The fraction of sp³-hybridized carbons (Fsp3) is 0.318. The molecule has 0 aliphatic heterocycles. The second kappa shape index (κ2) is 7.74. The van der Waals surface area contributed by atoms with Gasteiger partial charge in [0.2, 0.25) is 5.43 Å². The first-order valence-electron chi connectivity index (χ1n) is 8.85. The molecule has 0 saturated carbocycles. The summed E-state index contributed by atoms with van der Waals surface area (Å²) in [5, 5.41) is 0.972. The molecule has 27 heavy (non-hydrogen) atoms. The fourth-order valence-corrected chi connectivity index (χ4v) is 3.03. The highest BCUT2D eigenvalue weighted by Crippen LogP contribution is 2.34. The first kappa shape index (κ1) is 18.8. The smallest absolute Gasteiger partial charge is 0.201 e. The second-order valence-electron chi connectivity index (χ2n) is 6.76. The van der Waals surface area contributed by atoms with Crippen LogP contribution in [0.4, 0.5) is 0 Å². The zero-order valence-corrected chi connectivity index (χ0v) is 16.3. The molecule has 3 aromatic rings. The Morgan fingerprint density at radius 3 is 2.30 bits per heavy atom. The molecule has 3 rings (SSSR count). The van der Waals surface area contributed by atoms with Gasteiger partial charge >= 0.3 is 0 Å². The van der Waals surface area contributed by atoms with Crippen molar-refractivity contribution in [2.24, 2.45) is 5.92 Å². The molecule has 0 bridgehead atoms. The largest absolute Gasteiger partial charge is 0.497 e. The third-order valence-electron chi connectivity index (χ3n) is 4.42. The van der Waals surface area contributed by atoms with Crippen LogP contribution in [0.5, 0.6) is 17.2 Å². The molecule has 0 saturated heterocycles. The zero-order valence-electron chi connectivity index (χ0n) is 16.3. The average molecular weight is 368 g/mol. The minimum absolute atomic E-state index is 0.112. The molecule has 0 radical (unpaired) electrons. The molecule has 142 valence electrons. The van der Waals surface area contributed by atoms with Gasteiger partial charge in [-0.1, -0.05) is 26.0 Å². The molecule has 0 amide bonds. The summed E-state index contributed by atoms with van der Waals surface area (Å²) < 4.78 is 22.1. The second-order valence-corrected chi connectivity index (χ2v) is 6.76. The Labute approximate surface area is 158 Å². The number of hydrogen-bond acceptors (Lipinski definition) is 5. The lowest BCUT2D eigenvalue weighted by Crippen LogP contribution is -2.05. The Balaban J connectivity index is 2.33. The molecular weight excluding hydrogens is 344 g/mol. The van der Waals surface area contributed by atoms with Gasteiger partial charge in [0.05, 0.1) is 32.1 Å². The number of benzene rings is 2. The maximum atomic E-state index is 13.2. The minimum atomic E-state index is -0.112. The molecule has 1 heterocycles. The topological polar surface area (TPSA) is 57.9 Å². The summed E-state index contributed by atoms with van der Waals surface area (Å²) in [5.41, 5.74) is 1.58. The van der Waals surface area contributed by atoms with Crippen molar-refractivity contribution >= 4 is 28.0 Å². The van der Waals surface area contributed by atoms with Gasteiger partial charge in [-0.25, -0.2) is 0 Å². The molecule has 2 aromatic carbocycles. The van der Waals surface area contributed by atoms with Gasteiger partial charge in [-0.3, -0.25) is 4.79 Å². The summed E-state index contributed by atoms with van der Waals surface area (Å²) in [7, 11) is 4.68. The molecule has 0 fully saturated rings. The van der Waals surface area contributed by atoms with Crippen LogP contribution >= 0.6 is 0 Å². The van der Waals surface area contributed by atoms with Crippen molar-refractivity contribution in [3.63, 3.8) is 0 Å². The van der Waals surface area contributed by atoms with E-state index in [1.807, 2.05) is 12.1 Å². The van der Waals surface area contributed by atoms with E-state index in [1.165, 1.54) is 7.11 Å². The molecule has 1 aromatic heterocycles. The summed E-state index contributed by atoms with van der Waals surface area (Å²) >= 11 is 0. The minimum Gasteiger partial charge on any atom is -0.497 e. The first-order chi connectivity index (χ1) is 13.0. The van der Waals surface area contributed by atoms with Crippen molar-refractivity contribution in [2.45, 2.75) is 20.3 Å². The summed E-state index contributed by atoms with van der Waals surface area (Å²) in [5.74, 6) is 2.16. The number of methoxy groups -OCH3 is 3. The van der Waals surface area contributed by atoms with E-state index in [-0.39, 0.29) is 5.43 Å². The van der Waals surface area contributed by atoms with Crippen LogP contribution in [0.3, 0.4) is 0 Å². The van der Waals surface area contributed by atoms with Crippen LogP contribution in [0.15, 0.2) is 39.6 Å². The Kier molecular flexibility index (Phi) is 5.40. The third-order valence-corrected chi connectivity index (χ3v) is 4.42. The molecular formula is C22H24O5. The lowest BCUT2D eigenvalue weighted by molar-refractivity contribution is 0.355. The van der Waals surface area contributed by atoms with Gasteiger partial charge < -0.3 is 18.6 Å². The van der Waals surface area contributed by atoms with Crippen molar-refractivity contribution < 1.29 is 18.6 Å². The van der Waals surface area contributed by atoms with E-state index in [0.29, 0.717) is 45.1 Å². The van der Waals surface area contributed by atoms with E-state index in [9.17, 15) is 4.79 Å². The number of hydrogen-bond donors (Lipinski definition) is 0. The molecule has 0 aliphatic carbocycles. The summed E-state index contributed by atoms with van der Waals surface area (Å²) in [6, 6.07) is 6.91. The van der Waals surface area contributed by atoms with E-state index in [0.717, 1.165) is 12.0 Å². The lowest BCUT2D eigenvalue weighted by atomic mass is 10.0. The Hall–Kier alpha value is -2.95. The Morgan fingerprint density at radius 1 is 0.963 bits per heavy atom. The fourth-order valence-electron chi connectivity index (χ4n) is 3.03. The van der Waals surface area contributed by atoms with Crippen molar-refractivity contribution in [2.75, 3.05) is 21.3 Å². The molecule has 0 atom stereocenters. The zero-order chi connectivity index (χ0) is 19.6. The molecule has 0 unspecified atom stereocenters. The van der Waals surface area contributed by atoms with Gasteiger partial charge in [0.1, 0.15) is 16.9 Å². The molecule has 0 N–H and O–H groups in total. The van der Waals surface area contributed by atoms with Gasteiger partial charge in [0.15, 0.2) is 11.5 Å². The highest BCUT2D eigenvalue weighted by atomic mass is 16.5. The summed E-state index contributed by atoms with van der Waals surface area (Å²) in [4.78, 5) is 13.2. The SMILES string of the molecule is COc1cc(C=CCC(C)C)c2c(=O)c3cc(OC)c(OC)cc3oc2c1. The highest BCUT2D eigenvalue weighted by molar-refractivity contribution is 5.96. The van der Waals surface area contributed by atoms with Gasteiger partial charge in [-0.15, -0.1) is 0 Å². The quantitative estimate of drug-likeness (QED) is 0.571. The van der Waals surface area contributed by atoms with E-state index < -0.39 is 0 Å². The van der Waals surface area contributed by atoms with Gasteiger partial charge in [-0.2, -0.15) is 0 Å². The predicted octanol–water partition coefficient (Wildman–Crippen LogP) is 5.03. The molecule has 5 nitrogen and oxygen atoms in total. The molecule has 0 spiro atoms. The van der Waals surface area contributed by atoms with Crippen LogP contribution < -0.4 is 19.6 Å². The number of ether oxygens (including phenoxy) is 3. The maximum absolute atomic E-state index is 13.2. The van der Waals surface area contributed by atoms with E-state index in [4.69, 9.17) is 18.6 Å². The normalized spacial score (nSPS) is 11.6. The average Bonchev–Trinajstić information content (AvgIpc) is 2.66.